The maximum absolute atomic E-state index is 14.2. The summed E-state index contributed by atoms with van der Waals surface area (Å²) in [5.74, 6) is 1.40. The molecular weight excluding hydrogens is 542 g/mol. The smallest absolute Gasteiger partial charge is 0.352 e. The van der Waals surface area contributed by atoms with Gasteiger partial charge in [0.05, 0.1) is 29.5 Å². The van der Waals surface area contributed by atoms with Crippen LogP contribution in [0.1, 0.15) is 104 Å². The number of aliphatic hydroxyl groups is 3. The molecule has 2 saturated carbocycles. The number of hydrogen-bond acceptors (Lipinski definition) is 5. The topological polar surface area (TPSA) is 110 Å². The molecule has 1 aromatic carbocycles. The number of benzene rings is 1. The molecule has 0 radical (unpaired) electrons. The van der Waals surface area contributed by atoms with Crippen molar-refractivity contribution in [3.05, 3.63) is 74.1 Å². The number of allylic oxidation sites excluding steroid dienone is 3. The minimum absolute atomic E-state index is 0.0980. The molecule has 2 heterocycles. The Hall–Kier alpha value is -2.68. The van der Waals surface area contributed by atoms with Gasteiger partial charge in [-0.1, -0.05) is 51.0 Å². The van der Waals surface area contributed by atoms with Gasteiger partial charge in [-0.15, -0.1) is 0 Å². The van der Waals surface area contributed by atoms with Crippen molar-refractivity contribution >= 4 is 0 Å². The van der Waals surface area contributed by atoms with Crippen LogP contribution in [0.4, 0.5) is 0 Å². The van der Waals surface area contributed by atoms with E-state index in [4.69, 9.17) is 0 Å². The highest BCUT2D eigenvalue weighted by atomic mass is 16.3. The van der Waals surface area contributed by atoms with Crippen LogP contribution in [-0.4, -0.2) is 47.1 Å². The van der Waals surface area contributed by atoms with Gasteiger partial charge in [0, 0.05) is 0 Å². The van der Waals surface area contributed by atoms with E-state index in [0.29, 0.717) is 41.9 Å². The molecule has 6 rings (SSSR count). The molecule has 2 aromatic rings. The maximum atomic E-state index is 14.2. The lowest BCUT2D eigenvalue weighted by Gasteiger charge is -2.49. The summed E-state index contributed by atoms with van der Waals surface area (Å²) in [5, 5.41) is 31.5. The molecule has 2 unspecified atom stereocenters. The summed E-state index contributed by atoms with van der Waals surface area (Å²) in [6.07, 6.45) is 8.31. The number of rotatable bonds is 7. The van der Waals surface area contributed by atoms with Gasteiger partial charge in [-0.25, -0.2) is 23.5 Å². The van der Waals surface area contributed by atoms with Crippen LogP contribution < -0.4 is 11.4 Å². The third-order valence-corrected chi connectivity index (χ3v) is 11.6. The average molecular weight is 592 g/mol. The largest absolute Gasteiger partial charge is 0.390 e. The molecule has 8 atom stereocenters. The number of hydrogen-bond donors (Lipinski definition) is 3. The third-order valence-electron chi connectivity index (χ3n) is 11.6. The minimum Gasteiger partial charge on any atom is -0.390 e. The summed E-state index contributed by atoms with van der Waals surface area (Å²) < 4.78 is 4.66. The number of nitrogens with zero attached hydrogens (tertiary/aromatic N) is 3. The molecule has 234 valence electrons. The molecule has 0 saturated heterocycles. The van der Waals surface area contributed by atoms with Gasteiger partial charge in [-0.3, -0.25) is 0 Å². The van der Waals surface area contributed by atoms with E-state index in [0.717, 1.165) is 50.5 Å². The summed E-state index contributed by atoms with van der Waals surface area (Å²) in [4.78, 5) is 28.4. The molecule has 4 aliphatic rings. The summed E-state index contributed by atoms with van der Waals surface area (Å²) in [6, 6.07) is 8.47. The molecule has 3 N–H and O–H groups in total. The standard InChI is InChI=1S/C35H49N3O5/c1-21(10-9-18-34(3,4)43)26-14-15-27-25-20-29(24-13-16-30(39)31(40)22(24)2)38-33(42)36(23-11-7-6-8-12-23)32(41)37(38)28(25)17-19-35(26,27)5/h6-8,11-12,20-21,26-31,39-40,43H,9-10,13-19H2,1-5H3/t21-,26-,27+,28?,29?,30-,31-,35-/m1/s1. The van der Waals surface area contributed by atoms with Crippen molar-refractivity contribution in [3.63, 3.8) is 0 Å². The predicted octanol–water partition coefficient (Wildman–Crippen LogP) is 5.06. The van der Waals surface area contributed by atoms with Gasteiger partial charge < -0.3 is 15.3 Å². The molecule has 0 bridgehead atoms. The van der Waals surface area contributed by atoms with Gasteiger partial charge in [-0.2, -0.15) is 0 Å². The van der Waals surface area contributed by atoms with Crippen LogP contribution >= 0.6 is 0 Å². The van der Waals surface area contributed by atoms with Crippen LogP contribution in [-0.2, 0) is 0 Å². The van der Waals surface area contributed by atoms with Gasteiger partial charge in [0.1, 0.15) is 6.10 Å². The first-order valence-electron chi connectivity index (χ1n) is 16.3. The zero-order valence-electron chi connectivity index (χ0n) is 26.4. The lowest BCUT2D eigenvalue weighted by atomic mass is 9.59. The van der Waals surface area contributed by atoms with E-state index in [1.807, 2.05) is 39.0 Å². The van der Waals surface area contributed by atoms with E-state index in [9.17, 15) is 24.9 Å². The zero-order chi connectivity index (χ0) is 30.8. The molecule has 3 aliphatic carbocycles. The first-order valence-corrected chi connectivity index (χ1v) is 16.3. The first kappa shape index (κ1) is 30.4. The van der Waals surface area contributed by atoms with Crippen LogP contribution in [0, 0.1) is 23.2 Å². The van der Waals surface area contributed by atoms with E-state index in [1.54, 1.807) is 21.5 Å². The first-order chi connectivity index (χ1) is 20.3. The van der Waals surface area contributed by atoms with Crippen LogP contribution in [0.25, 0.3) is 5.69 Å². The van der Waals surface area contributed by atoms with Gasteiger partial charge in [-0.05, 0) is 118 Å². The fraction of sp³-hybridized carbons (Fsp3) is 0.657. The Morgan fingerprint density at radius 2 is 1.72 bits per heavy atom. The maximum Gasteiger partial charge on any atom is 0.352 e. The third kappa shape index (κ3) is 5.03. The highest BCUT2D eigenvalue weighted by molar-refractivity contribution is 5.37. The Kier molecular flexibility index (Phi) is 7.79. The van der Waals surface area contributed by atoms with Crippen molar-refractivity contribution < 1.29 is 15.3 Å². The normalized spacial score (nSPS) is 33.1. The second kappa shape index (κ2) is 11.0. The summed E-state index contributed by atoms with van der Waals surface area (Å²) in [6.45, 7) is 10.4. The molecule has 1 aromatic heterocycles. The van der Waals surface area contributed by atoms with E-state index < -0.39 is 23.9 Å². The molecular formula is C35H49N3O5. The van der Waals surface area contributed by atoms with Crippen LogP contribution in [0.5, 0.6) is 0 Å². The summed E-state index contributed by atoms with van der Waals surface area (Å²) in [5.41, 5.74) is 2.21. The Balaban J connectivity index is 1.43. The van der Waals surface area contributed by atoms with Crippen molar-refractivity contribution in [2.45, 2.75) is 122 Å². The van der Waals surface area contributed by atoms with E-state index >= 15 is 0 Å². The van der Waals surface area contributed by atoms with Gasteiger partial charge >= 0.3 is 11.4 Å². The average Bonchev–Trinajstić information content (AvgIpc) is 3.45. The highest BCUT2D eigenvalue weighted by Gasteiger charge is 2.55. The van der Waals surface area contributed by atoms with Gasteiger partial charge in [0.2, 0.25) is 0 Å². The Morgan fingerprint density at radius 3 is 2.42 bits per heavy atom. The van der Waals surface area contributed by atoms with Crippen molar-refractivity contribution in [2.24, 2.45) is 23.2 Å². The highest BCUT2D eigenvalue weighted by Crippen LogP contribution is 2.62. The molecule has 0 amide bonds. The SMILES string of the molecule is CC1=C(C2C=C3C(CC[C@]4(C)[C@@H]([C@H](C)CCCC(C)(C)O)CC[C@@H]34)n3c(=O)n(-c4ccccc4)c(=O)n32)CC[C@@H](O)[C@@H]1O. The number of aliphatic hydroxyl groups excluding tert-OH is 2. The van der Waals surface area contributed by atoms with E-state index in [-0.39, 0.29) is 22.8 Å². The molecule has 0 spiro atoms. The van der Waals surface area contributed by atoms with E-state index in [2.05, 4.69) is 19.9 Å². The van der Waals surface area contributed by atoms with E-state index in [1.165, 1.54) is 10.1 Å². The monoisotopic (exact) mass is 591 g/mol. The number of para-hydroxylation sites is 1. The second-order valence-electron chi connectivity index (χ2n) is 14.8. The van der Waals surface area contributed by atoms with Crippen LogP contribution in [0.3, 0.4) is 0 Å². The van der Waals surface area contributed by atoms with Crippen molar-refractivity contribution in [2.75, 3.05) is 0 Å². The Morgan fingerprint density at radius 1 is 1.02 bits per heavy atom. The quantitative estimate of drug-likeness (QED) is 0.390. The van der Waals surface area contributed by atoms with Crippen molar-refractivity contribution in [1.29, 1.82) is 0 Å². The van der Waals surface area contributed by atoms with Crippen LogP contribution in [0.15, 0.2) is 62.7 Å². The second-order valence-corrected chi connectivity index (χ2v) is 14.8. The number of fused-ring (bicyclic) bond motifs is 5. The fourth-order valence-corrected chi connectivity index (χ4v) is 9.33. The fourth-order valence-electron chi connectivity index (χ4n) is 9.33. The number of aromatic nitrogens is 3. The molecule has 2 fully saturated rings. The summed E-state index contributed by atoms with van der Waals surface area (Å²) >= 11 is 0. The van der Waals surface area contributed by atoms with Gasteiger partial charge in [0.15, 0.2) is 0 Å². The van der Waals surface area contributed by atoms with Crippen molar-refractivity contribution in [1.82, 2.24) is 13.9 Å². The predicted molar refractivity (Wildman–Crippen MR) is 167 cm³/mol. The lowest BCUT2D eigenvalue weighted by Crippen LogP contribution is -2.46. The molecule has 1 aliphatic heterocycles. The Bertz CT molecular complexity index is 1540. The molecule has 8 nitrogen and oxygen atoms in total. The minimum atomic E-state index is -0.982. The lowest BCUT2D eigenvalue weighted by molar-refractivity contribution is 0.0278. The van der Waals surface area contributed by atoms with Gasteiger partial charge in [0.25, 0.3) is 0 Å². The molecule has 8 heteroatoms. The summed E-state index contributed by atoms with van der Waals surface area (Å²) in [7, 11) is 0. The zero-order valence-corrected chi connectivity index (χ0v) is 26.4. The van der Waals surface area contributed by atoms with Crippen molar-refractivity contribution in [3.8, 4) is 5.69 Å². The Labute approximate surface area is 254 Å². The molecule has 43 heavy (non-hydrogen) atoms. The van der Waals surface area contributed by atoms with Crippen LogP contribution in [0.2, 0.25) is 0 Å².